The number of fused-ring (bicyclic) bond motifs is 3. The summed E-state index contributed by atoms with van der Waals surface area (Å²) >= 11 is 0. The molecular formula is C25H25ClN2O3. The molecule has 1 fully saturated rings. The molecule has 160 valence electrons. The van der Waals surface area contributed by atoms with Gasteiger partial charge in [-0.2, -0.15) is 0 Å². The van der Waals surface area contributed by atoms with E-state index in [1.165, 1.54) is 0 Å². The van der Waals surface area contributed by atoms with Crippen molar-refractivity contribution in [1.29, 1.82) is 0 Å². The number of aryl methyl sites for hydroxylation is 1. The lowest BCUT2D eigenvalue weighted by Crippen LogP contribution is -2.33. The Kier molecular flexibility index (Phi) is 5.99. The molecule has 1 aliphatic carbocycles. The normalized spacial score (nSPS) is 15.6. The lowest BCUT2D eigenvalue weighted by Gasteiger charge is -2.22. The zero-order valence-corrected chi connectivity index (χ0v) is 18.1. The predicted octanol–water partition coefficient (Wildman–Crippen LogP) is 4.34. The van der Waals surface area contributed by atoms with Gasteiger partial charge < -0.3 is 15.1 Å². The summed E-state index contributed by atoms with van der Waals surface area (Å²) in [6.07, 6.45) is 1.87. The molecular weight excluding hydrogens is 412 g/mol. The van der Waals surface area contributed by atoms with E-state index in [1.807, 2.05) is 49.4 Å². The van der Waals surface area contributed by atoms with E-state index in [2.05, 4.69) is 22.8 Å². The first-order valence-electron chi connectivity index (χ1n) is 10.5. The van der Waals surface area contributed by atoms with Crippen molar-refractivity contribution in [3.8, 4) is 11.1 Å². The molecule has 1 aliphatic heterocycles. The van der Waals surface area contributed by atoms with Crippen LogP contribution in [0, 0.1) is 6.92 Å². The maximum atomic E-state index is 13.2. The molecule has 1 saturated heterocycles. The van der Waals surface area contributed by atoms with Crippen LogP contribution in [0.25, 0.3) is 11.1 Å². The SMILES string of the molecule is Cc1cc(C2CCNCC2)oc(=O)c1C(=O)NC1c2ccccc2-c2ccccc21.Cl. The summed E-state index contributed by atoms with van der Waals surface area (Å²) in [6.45, 7) is 3.64. The quantitative estimate of drug-likeness (QED) is 0.640. The Hall–Kier alpha value is -2.89. The van der Waals surface area contributed by atoms with Gasteiger partial charge in [0.1, 0.15) is 11.3 Å². The minimum Gasteiger partial charge on any atom is -0.427 e. The van der Waals surface area contributed by atoms with Crippen LogP contribution in [0.5, 0.6) is 0 Å². The van der Waals surface area contributed by atoms with Crippen molar-refractivity contribution < 1.29 is 9.21 Å². The van der Waals surface area contributed by atoms with Gasteiger partial charge in [0.25, 0.3) is 5.91 Å². The third-order valence-electron chi connectivity index (χ3n) is 6.25. The number of halogens is 1. The highest BCUT2D eigenvalue weighted by Crippen LogP contribution is 2.43. The van der Waals surface area contributed by atoms with Crippen molar-refractivity contribution in [2.45, 2.75) is 31.7 Å². The van der Waals surface area contributed by atoms with E-state index in [1.54, 1.807) is 0 Å². The Morgan fingerprint density at radius 2 is 1.58 bits per heavy atom. The Balaban J connectivity index is 0.00000231. The highest BCUT2D eigenvalue weighted by molar-refractivity contribution is 5.96. The third-order valence-corrected chi connectivity index (χ3v) is 6.25. The molecule has 6 heteroatoms. The first-order chi connectivity index (χ1) is 14.6. The average molecular weight is 437 g/mol. The third kappa shape index (κ3) is 3.80. The molecule has 0 atom stereocenters. The predicted molar refractivity (Wildman–Crippen MR) is 123 cm³/mol. The van der Waals surface area contributed by atoms with Crippen LogP contribution in [0.2, 0.25) is 0 Å². The van der Waals surface area contributed by atoms with Crippen molar-refractivity contribution in [2.75, 3.05) is 13.1 Å². The van der Waals surface area contributed by atoms with Crippen LogP contribution in [0.4, 0.5) is 0 Å². The number of hydrogen-bond acceptors (Lipinski definition) is 4. The van der Waals surface area contributed by atoms with E-state index in [9.17, 15) is 9.59 Å². The van der Waals surface area contributed by atoms with Crippen LogP contribution >= 0.6 is 12.4 Å². The summed E-state index contributed by atoms with van der Waals surface area (Å²) in [5.41, 5.74) is 4.51. The highest BCUT2D eigenvalue weighted by Gasteiger charge is 2.31. The van der Waals surface area contributed by atoms with E-state index in [4.69, 9.17) is 4.42 Å². The zero-order chi connectivity index (χ0) is 20.7. The van der Waals surface area contributed by atoms with Crippen LogP contribution in [0.1, 0.15) is 57.6 Å². The number of benzene rings is 2. The second-order valence-electron chi connectivity index (χ2n) is 8.10. The van der Waals surface area contributed by atoms with Gasteiger partial charge in [-0.25, -0.2) is 4.79 Å². The molecule has 0 saturated carbocycles. The first-order valence-corrected chi connectivity index (χ1v) is 10.5. The molecule has 2 heterocycles. The van der Waals surface area contributed by atoms with Crippen LogP contribution in [-0.2, 0) is 0 Å². The van der Waals surface area contributed by atoms with Crippen molar-refractivity contribution in [3.05, 3.63) is 93.0 Å². The van der Waals surface area contributed by atoms with Crippen molar-refractivity contribution in [3.63, 3.8) is 0 Å². The molecule has 0 bridgehead atoms. The molecule has 31 heavy (non-hydrogen) atoms. The minimum absolute atomic E-state index is 0. The highest BCUT2D eigenvalue weighted by atomic mass is 35.5. The Bertz CT molecular complexity index is 1140. The number of nitrogens with one attached hydrogen (secondary N) is 2. The van der Waals surface area contributed by atoms with Crippen molar-refractivity contribution >= 4 is 18.3 Å². The molecule has 0 unspecified atom stereocenters. The summed E-state index contributed by atoms with van der Waals surface area (Å²) in [7, 11) is 0. The zero-order valence-electron chi connectivity index (χ0n) is 17.3. The molecule has 3 aromatic rings. The van der Waals surface area contributed by atoms with Crippen molar-refractivity contribution in [2.24, 2.45) is 0 Å². The number of amides is 1. The molecule has 1 aromatic heterocycles. The van der Waals surface area contributed by atoms with Crippen molar-refractivity contribution in [1.82, 2.24) is 10.6 Å². The Morgan fingerprint density at radius 1 is 1.00 bits per heavy atom. The lowest BCUT2D eigenvalue weighted by atomic mass is 9.94. The van der Waals surface area contributed by atoms with E-state index in [0.29, 0.717) is 11.3 Å². The number of hydrogen-bond donors (Lipinski definition) is 2. The summed E-state index contributed by atoms with van der Waals surface area (Å²) in [5, 5.41) is 6.40. The fraction of sp³-hybridized carbons (Fsp3) is 0.280. The van der Waals surface area contributed by atoms with E-state index < -0.39 is 11.5 Å². The number of rotatable bonds is 3. The molecule has 2 aliphatic rings. The summed E-state index contributed by atoms with van der Waals surface area (Å²) in [5.74, 6) is 0.519. The Morgan fingerprint density at radius 3 is 2.16 bits per heavy atom. The lowest BCUT2D eigenvalue weighted by molar-refractivity contribution is 0.0938. The van der Waals surface area contributed by atoms with Crippen LogP contribution in [-0.4, -0.2) is 19.0 Å². The van der Waals surface area contributed by atoms with Gasteiger partial charge in [-0.05, 0) is 66.7 Å². The molecule has 0 spiro atoms. The Labute approximate surface area is 187 Å². The fourth-order valence-corrected chi connectivity index (χ4v) is 4.73. The van der Waals surface area contributed by atoms with E-state index in [-0.39, 0.29) is 29.9 Å². The maximum absolute atomic E-state index is 13.2. The van der Waals surface area contributed by atoms with Gasteiger partial charge in [0.05, 0.1) is 6.04 Å². The van der Waals surface area contributed by atoms with Gasteiger partial charge in [-0.1, -0.05) is 48.5 Å². The first kappa shape index (κ1) is 21.3. The number of carbonyl (C=O) groups excluding carboxylic acids is 1. The fourth-order valence-electron chi connectivity index (χ4n) is 4.73. The monoisotopic (exact) mass is 436 g/mol. The molecule has 1 amide bonds. The van der Waals surface area contributed by atoms with Gasteiger partial charge in [0, 0.05) is 5.92 Å². The molecule has 2 N–H and O–H groups in total. The molecule has 2 aromatic carbocycles. The van der Waals surface area contributed by atoms with Gasteiger partial charge in [-0.3, -0.25) is 4.79 Å². The number of piperidine rings is 1. The summed E-state index contributed by atoms with van der Waals surface area (Å²) in [6, 6.07) is 17.7. The average Bonchev–Trinajstić information content (AvgIpc) is 3.08. The molecule has 5 nitrogen and oxygen atoms in total. The molecule has 5 rings (SSSR count). The second kappa shape index (κ2) is 8.69. The smallest absolute Gasteiger partial charge is 0.349 e. The van der Waals surface area contributed by atoms with E-state index >= 15 is 0 Å². The standard InChI is InChI=1S/C25H24N2O3.ClH/c1-15-14-21(16-10-12-26-13-11-16)30-25(29)22(15)24(28)27-23-19-8-4-2-6-17(19)18-7-3-5-9-20(18)23;/h2-9,14,16,23,26H,10-13H2,1H3,(H,27,28);1H. The van der Waals surface area contributed by atoms with Gasteiger partial charge >= 0.3 is 5.63 Å². The van der Waals surface area contributed by atoms with Crippen LogP contribution in [0.15, 0.2) is 63.8 Å². The summed E-state index contributed by atoms with van der Waals surface area (Å²) in [4.78, 5) is 25.9. The number of carbonyl (C=O) groups is 1. The van der Waals surface area contributed by atoms with Gasteiger partial charge in [0.2, 0.25) is 0 Å². The maximum Gasteiger partial charge on any atom is 0.349 e. The van der Waals surface area contributed by atoms with Gasteiger partial charge in [-0.15, -0.1) is 12.4 Å². The minimum atomic E-state index is -0.555. The van der Waals surface area contributed by atoms with Gasteiger partial charge in [0.15, 0.2) is 0 Å². The molecule has 0 radical (unpaired) electrons. The summed E-state index contributed by atoms with van der Waals surface area (Å²) < 4.78 is 5.61. The van der Waals surface area contributed by atoms with Crippen LogP contribution in [0.3, 0.4) is 0 Å². The second-order valence-corrected chi connectivity index (χ2v) is 8.10. The topological polar surface area (TPSA) is 71.3 Å². The van der Waals surface area contributed by atoms with E-state index in [0.717, 1.165) is 48.2 Å². The largest absolute Gasteiger partial charge is 0.427 e. The van der Waals surface area contributed by atoms with Crippen LogP contribution < -0.4 is 16.3 Å².